The number of benzene rings is 2. The molecule has 0 spiro atoms. The van der Waals surface area contributed by atoms with E-state index in [9.17, 15) is 9.59 Å². The molecule has 0 fully saturated rings. The van der Waals surface area contributed by atoms with Crippen LogP contribution in [-0.4, -0.2) is 18.9 Å². The Hall–Kier alpha value is -3.54. The first-order chi connectivity index (χ1) is 12.9. The summed E-state index contributed by atoms with van der Waals surface area (Å²) in [5, 5.41) is 3.74. The second-order valence-electron chi connectivity index (χ2n) is 6.23. The summed E-state index contributed by atoms with van der Waals surface area (Å²) in [5.74, 6) is -0.171. The van der Waals surface area contributed by atoms with Crippen molar-refractivity contribution in [1.82, 2.24) is 0 Å². The number of nitrogens with two attached hydrogens (primary N) is 1. The van der Waals surface area contributed by atoms with Crippen LogP contribution in [0.5, 0.6) is 5.75 Å². The molecule has 0 saturated heterocycles. The number of carbonyl (C=O) groups is 2. The Balaban J connectivity index is 1.85. The van der Waals surface area contributed by atoms with Gasteiger partial charge in [-0.15, -0.1) is 0 Å². The molecule has 27 heavy (non-hydrogen) atoms. The molecule has 0 bridgehead atoms. The highest BCUT2D eigenvalue weighted by Gasteiger charge is 2.12. The van der Waals surface area contributed by atoms with Crippen LogP contribution in [0.3, 0.4) is 0 Å². The molecule has 2 aromatic carbocycles. The molecule has 0 aliphatic heterocycles. The number of primary amides is 1. The van der Waals surface area contributed by atoms with Gasteiger partial charge in [0, 0.05) is 34.3 Å². The fourth-order valence-electron chi connectivity index (χ4n) is 2.83. The number of rotatable bonds is 5. The van der Waals surface area contributed by atoms with Crippen LogP contribution in [0.25, 0.3) is 16.5 Å². The van der Waals surface area contributed by atoms with Crippen LogP contribution in [0.15, 0.2) is 53.2 Å². The van der Waals surface area contributed by atoms with Gasteiger partial charge in [-0.05, 0) is 55.3 Å². The third-order valence-electron chi connectivity index (χ3n) is 4.30. The quantitative estimate of drug-likeness (QED) is 0.672. The zero-order chi connectivity index (χ0) is 19.6. The highest BCUT2D eigenvalue weighted by Crippen LogP contribution is 2.33. The van der Waals surface area contributed by atoms with E-state index >= 15 is 0 Å². The lowest BCUT2D eigenvalue weighted by atomic mass is 10.0. The molecule has 3 aromatic rings. The molecule has 1 heterocycles. The first-order valence-corrected chi connectivity index (χ1v) is 8.34. The molecular weight excluding hydrogens is 344 g/mol. The first-order valence-electron chi connectivity index (χ1n) is 8.34. The molecule has 6 heteroatoms. The maximum Gasteiger partial charge on any atom is 0.248 e. The van der Waals surface area contributed by atoms with E-state index in [1.54, 1.807) is 37.6 Å². The minimum atomic E-state index is -0.513. The van der Waals surface area contributed by atoms with E-state index in [2.05, 4.69) is 5.32 Å². The number of aryl methyl sites for hydroxylation is 1. The number of hydrogen-bond donors (Lipinski definition) is 2. The largest absolute Gasteiger partial charge is 0.496 e. The molecule has 0 aliphatic carbocycles. The molecule has 0 radical (unpaired) electrons. The number of furan rings is 1. The van der Waals surface area contributed by atoms with Crippen LogP contribution in [0.2, 0.25) is 0 Å². The Morgan fingerprint density at radius 2 is 1.89 bits per heavy atom. The minimum Gasteiger partial charge on any atom is -0.496 e. The van der Waals surface area contributed by atoms with Crippen molar-refractivity contribution in [3.63, 3.8) is 0 Å². The summed E-state index contributed by atoms with van der Waals surface area (Å²) in [6, 6.07) is 10.1. The lowest BCUT2D eigenvalue weighted by molar-refractivity contribution is -0.111. The van der Waals surface area contributed by atoms with Crippen molar-refractivity contribution in [2.75, 3.05) is 12.4 Å². The Morgan fingerprint density at radius 3 is 2.52 bits per heavy atom. The van der Waals surface area contributed by atoms with Gasteiger partial charge in [0.2, 0.25) is 11.8 Å². The van der Waals surface area contributed by atoms with E-state index in [0.29, 0.717) is 17.0 Å². The minimum absolute atomic E-state index is 0.287. The van der Waals surface area contributed by atoms with E-state index in [-0.39, 0.29) is 5.91 Å². The number of ether oxygens (including phenoxy) is 1. The van der Waals surface area contributed by atoms with Gasteiger partial charge < -0.3 is 20.2 Å². The second-order valence-corrected chi connectivity index (χ2v) is 6.23. The maximum absolute atomic E-state index is 12.4. The number of allylic oxidation sites excluding steroid dienone is 1. The molecular formula is C21H20N2O4. The third-order valence-corrected chi connectivity index (χ3v) is 4.30. The number of amides is 2. The third kappa shape index (κ3) is 3.84. The molecule has 0 aliphatic rings. The smallest absolute Gasteiger partial charge is 0.248 e. The normalized spacial score (nSPS) is 11.4. The van der Waals surface area contributed by atoms with Gasteiger partial charge in [0.05, 0.1) is 13.4 Å². The van der Waals surface area contributed by atoms with Crippen molar-refractivity contribution in [1.29, 1.82) is 0 Å². The van der Waals surface area contributed by atoms with Gasteiger partial charge >= 0.3 is 0 Å². The van der Waals surface area contributed by atoms with Crippen molar-refractivity contribution >= 4 is 34.0 Å². The van der Waals surface area contributed by atoms with Crippen molar-refractivity contribution in [3.8, 4) is 5.75 Å². The molecule has 2 amide bonds. The Kier molecular flexibility index (Phi) is 4.98. The zero-order valence-corrected chi connectivity index (χ0v) is 15.3. The SMILES string of the molecule is COc1cc2occ(C)c2cc1/C(C)=C/C(=O)Nc1ccc(C(N)=O)cc1. The lowest BCUT2D eigenvalue weighted by Gasteiger charge is -2.10. The topological polar surface area (TPSA) is 94.6 Å². The summed E-state index contributed by atoms with van der Waals surface area (Å²) in [5.41, 5.74) is 9.48. The number of carbonyl (C=O) groups excluding carboxylic acids is 2. The van der Waals surface area contributed by atoms with E-state index in [0.717, 1.165) is 27.7 Å². The monoisotopic (exact) mass is 364 g/mol. The average Bonchev–Trinajstić information content (AvgIpc) is 3.01. The number of methoxy groups -OCH3 is 1. The highest BCUT2D eigenvalue weighted by atomic mass is 16.5. The summed E-state index contributed by atoms with van der Waals surface area (Å²) in [6.45, 7) is 3.80. The Bertz CT molecular complexity index is 1050. The van der Waals surface area contributed by atoms with E-state index in [1.165, 1.54) is 6.08 Å². The van der Waals surface area contributed by atoms with Crippen LogP contribution >= 0.6 is 0 Å². The average molecular weight is 364 g/mol. The molecule has 1 aromatic heterocycles. The van der Waals surface area contributed by atoms with Crippen molar-refractivity contribution < 1.29 is 18.7 Å². The summed E-state index contributed by atoms with van der Waals surface area (Å²) < 4.78 is 10.9. The van der Waals surface area contributed by atoms with Crippen molar-refractivity contribution in [2.45, 2.75) is 13.8 Å². The van der Waals surface area contributed by atoms with Gasteiger partial charge in [-0.2, -0.15) is 0 Å². The zero-order valence-electron chi connectivity index (χ0n) is 15.3. The van der Waals surface area contributed by atoms with Gasteiger partial charge in [-0.3, -0.25) is 9.59 Å². The molecule has 3 N–H and O–H groups in total. The van der Waals surface area contributed by atoms with Crippen molar-refractivity contribution in [3.05, 3.63) is 65.4 Å². The first kappa shape index (κ1) is 18.3. The number of anilines is 1. The standard InChI is InChI=1S/C21H20N2O4/c1-12(8-20(24)23-15-6-4-14(5-7-15)21(22)25)16-9-17-13(2)11-27-19(17)10-18(16)26-3/h4-11H,1-3H3,(H2,22,25)(H,23,24)/b12-8+. The van der Waals surface area contributed by atoms with Gasteiger partial charge in [0.15, 0.2) is 0 Å². The number of fused-ring (bicyclic) bond motifs is 1. The van der Waals surface area contributed by atoms with E-state index < -0.39 is 5.91 Å². The summed E-state index contributed by atoms with van der Waals surface area (Å²) in [4.78, 5) is 23.5. The molecule has 3 rings (SSSR count). The number of hydrogen-bond acceptors (Lipinski definition) is 4. The molecule has 138 valence electrons. The highest BCUT2D eigenvalue weighted by molar-refractivity contribution is 6.05. The van der Waals surface area contributed by atoms with Crippen LogP contribution < -0.4 is 15.8 Å². The Labute approximate surface area is 156 Å². The number of nitrogens with one attached hydrogen (secondary N) is 1. The van der Waals surface area contributed by atoms with Gasteiger partial charge in [0.25, 0.3) is 0 Å². The summed E-state index contributed by atoms with van der Waals surface area (Å²) in [6.07, 6.45) is 3.19. The predicted molar refractivity (Wildman–Crippen MR) is 105 cm³/mol. The second kappa shape index (κ2) is 7.37. The molecule has 0 saturated carbocycles. The fraction of sp³-hybridized carbons (Fsp3) is 0.143. The molecule has 0 unspecified atom stereocenters. The predicted octanol–water partition coefficient (Wildman–Crippen LogP) is 3.89. The molecule has 0 atom stereocenters. The van der Waals surface area contributed by atoms with Crippen LogP contribution in [-0.2, 0) is 4.79 Å². The van der Waals surface area contributed by atoms with Crippen LogP contribution in [0.1, 0.15) is 28.4 Å². The summed E-state index contributed by atoms with van der Waals surface area (Å²) in [7, 11) is 1.58. The lowest BCUT2D eigenvalue weighted by Crippen LogP contribution is -2.12. The van der Waals surface area contributed by atoms with Gasteiger partial charge in [-0.25, -0.2) is 0 Å². The van der Waals surface area contributed by atoms with E-state index in [4.69, 9.17) is 14.9 Å². The van der Waals surface area contributed by atoms with Crippen LogP contribution in [0, 0.1) is 6.92 Å². The fourth-order valence-corrected chi connectivity index (χ4v) is 2.83. The molecule has 6 nitrogen and oxygen atoms in total. The summed E-state index contributed by atoms with van der Waals surface area (Å²) >= 11 is 0. The van der Waals surface area contributed by atoms with Gasteiger partial charge in [-0.1, -0.05) is 0 Å². The Morgan fingerprint density at radius 1 is 1.19 bits per heavy atom. The van der Waals surface area contributed by atoms with E-state index in [1.807, 2.05) is 26.0 Å². The van der Waals surface area contributed by atoms with Crippen LogP contribution in [0.4, 0.5) is 5.69 Å². The van der Waals surface area contributed by atoms with Gasteiger partial charge in [0.1, 0.15) is 11.3 Å². The maximum atomic E-state index is 12.4. The van der Waals surface area contributed by atoms with Crippen molar-refractivity contribution in [2.24, 2.45) is 5.73 Å².